The molecular formula is C10H6ClFN4S2. The Morgan fingerprint density at radius 2 is 2.22 bits per heavy atom. The van der Waals surface area contributed by atoms with Crippen molar-refractivity contribution in [1.29, 1.82) is 0 Å². The van der Waals surface area contributed by atoms with Crippen molar-refractivity contribution in [3.63, 3.8) is 0 Å². The minimum atomic E-state index is -0.529. The van der Waals surface area contributed by atoms with Crippen molar-refractivity contribution in [3.8, 4) is 11.3 Å². The van der Waals surface area contributed by atoms with Gasteiger partial charge in [-0.25, -0.2) is 14.5 Å². The molecule has 0 saturated carbocycles. The van der Waals surface area contributed by atoms with E-state index in [4.69, 9.17) is 11.6 Å². The standard InChI is InChI=1S/C10H6ClFN4S2/c1-17-7-3-2-5(8(12)14-7)6-4-16-10(13-6)18-9(11)15-16/h2-4H,1H3. The largest absolute Gasteiger partial charge is 0.223 e. The zero-order chi connectivity index (χ0) is 12.7. The fraction of sp³-hybridized carbons (Fsp3) is 0.100. The van der Waals surface area contributed by atoms with E-state index < -0.39 is 5.95 Å². The average molecular weight is 301 g/mol. The van der Waals surface area contributed by atoms with E-state index in [1.807, 2.05) is 6.26 Å². The maximum absolute atomic E-state index is 13.8. The summed E-state index contributed by atoms with van der Waals surface area (Å²) in [6.07, 6.45) is 3.48. The molecule has 18 heavy (non-hydrogen) atoms. The SMILES string of the molecule is CSc1ccc(-c2cn3nc(Cl)sc3n2)c(F)n1. The Kier molecular flexibility index (Phi) is 2.96. The lowest BCUT2D eigenvalue weighted by Gasteiger charge is -2.00. The number of thioether (sulfide) groups is 1. The normalized spacial score (nSPS) is 11.3. The Morgan fingerprint density at radius 3 is 2.89 bits per heavy atom. The molecule has 0 radical (unpaired) electrons. The molecule has 0 aliphatic heterocycles. The van der Waals surface area contributed by atoms with E-state index >= 15 is 0 Å². The highest BCUT2D eigenvalue weighted by molar-refractivity contribution is 7.98. The van der Waals surface area contributed by atoms with Crippen LogP contribution in [0.1, 0.15) is 0 Å². The monoisotopic (exact) mass is 300 g/mol. The second kappa shape index (κ2) is 4.49. The smallest absolute Gasteiger partial charge is 0.217 e. The van der Waals surface area contributed by atoms with Crippen molar-refractivity contribution in [1.82, 2.24) is 19.6 Å². The highest BCUT2D eigenvalue weighted by Crippen LogP contribution is 2.26. The van der Waals surface area contributed by atoms with Crippen LogP contribution in [0.5, 0.6) is 0 Å². The first kappa shape index (κ1) is 11.9. The third-order valence-electron chi connectivity index (χ3n) is 2.33. The first-order chi connectivity index (χ1) is 8.67. The lowest BCUT2D eigenvalue weighted by atomic mass is 10.2. The molecule has 0 saturated heterocycles. The van der Waals surface area contributed by atoms with E-state index in [1.54, 1.807) is 18.3 Å². The Labute approximate surface area is 115 Å². The Hall–Kier alpha value is -1.18. The molecule has 8 heteroatoms. The topological polar surface area (TPSA) is 43.1 Å². The average Bonchev–Trinajstić information content (AvgIpc) is 2.85. The first-order valence-corrected chi connectivity index (χ1v) is 7.32. The van der Waals surface area contributed by atoms with Gasteiger partial charge in [-0.05, 0) is 30.0 Å². The molecule has 0 N–H and O–H groups in total. The molecule has 3 rings (SSSR count). The number of pyridine rings is 1. The molecule has 0 aromatic carbocycles. The van der Waals surface area contributed by atoms with Crippen LogP contribution >= 0.6 is 34.7 Å². The summed E-state index contributed by atoms with van der Waals surface area (Å²) in [7, 11) is 0. The van der Waals surface area contributed by atoms with Gasteiger partial charge in [-0.3, -0.25) is 0 Å². The minimum Gasteiger partial charge on any atom is -0.217 e. The van der Waals surface area contributed by atoms with Gasteiger partial charge in [-0.15, -0.1) is 16.9 Å². The van der Waals surface area contributed by atoms with Gasteiger partial charge in [0.2, 0.25) is 15.4 Å². The van der Waals surface area contributed by atoms with Gasteiger partial charge >= 0.3 is 0 Å². The highest BCUT2D eigenvalue weighted by atomic mass is 35.5. The van der Waals surface area contributed by atoms with Gasteiger partial charge in [0.25, 0.3) is 0 Å². The van der Waals surface area contributed by atoms with Crippen molar-refractivity contribution < 1.29 is 4.39 Å². The van der Waals surface area contributed by atoms with Gasteiger partial charge < -0.3 is 0 Å². The highest BCUT2D eigenvalue weighted by Gasteiger charge is 2.13. The number of hydrogen-bond donors (Lipinski definition) is 0. The van der Waals surface area contributed by atoms with Crippen LogP contribution in [0.25, 0.3) is 16.2 Å². The number of fused-ring (bicyclic) bond motifs is 1. The molecule has 0 spiro atoms. The predicted molar refractivity (Wildman–Crippen MR) is 70.8 cm³/mol. The second-order valence-electron chi connectivity index (χ2n) is 3.40. The summed E-state index contributed by atoms with van der Waals surface area (Å²) in [4.78, 5) is 8.74. The van der Waals surface area contributed by atoms with Crippen molar-refractivity contribution in [2.24, 2.45) is 0 Å². The maximum Gasteiger partial charge on any atom is 0.223 e. The van der Waals surface area contributed by atoms with Gasteiger partial charge in [0.15, 0.2) is 0 Å². The zero-order valence-electron chi connectivity index (χ0n) is 9.09. The molecule has 3 aromatic rings. The molecule has 0 aliphatic rings. The van der Waals surface area contributed by atoms with E-state index in [9.17, 15) is 4.39 Å². The van der Waals surface area contributed by atoms with E-state index in [1.165, 1.54) is 27.6 Å². The zero-order valence-corrected chi connectivity index (χ0v) is 11.5. The van der Waals surface area contributed by atoms with Crippen molar-refractivity contribution in [3.05, 3.63) is 28.7 Å². The predicted octanol–water partition coefficient (Wildman–Crippen LogP) is 3.37. The summed E-state index contributed by atoms with van der Waals surface area (Å²) >= 11 is 8.38. The molecule has 0 bridgehead atoms. The van der Waals surface area contributed by atoms with E-state index in [0.29, 0.717) is 25.7 Å². The van der Waals surface area contributed by atoms with Crippen LogP contribution in [0.2, 0.25) is 4.47 Å². The summed E-state index contributed by atoms with van der Waals surface area (Å²) in [5, 5.41) is 4.65. The molecule has 92 valence electrons. The summed E-state index contributed by atoms with van der Waals surface area (Å²) in [5.41, 5.74) is 0.865. The molecule has 0 aliphatic carbocycles. The minimum absolute atomic E-state index is 0.363. The van der Waals surface area contributed by atoms with Crippen molar-refractivity contribution >= 4 is 39.7 Å². The number of aromatic nitrogens is 4. The van der Waals surface area contributed by atoms with Crippen LogP contribution in [-0.2, 0) is 0 Å². The molecule has 0 atom stereocenters. The summed E-state index contributed by atoms with van der Waals surface area (Å²) in [6, 6.07) is 3.43. The molecule has 3 heterocycles. The number of nitrogens with zero attached hydrogens (tertiary/aromatic N) is 4. The van der Waals surface area contributed by atoms with Crippen molar-refractivity contribution in [2.45, 2.75) is 5.03 Å². The van der Waals surface area contributed by atoms with E-state index in [0.717, 1.165) is 0 Å². The fourth-order valence-corrected chi connectivity index (χ4v) is 2.80. The number of imidazole rings is 1. The summed E-state index contributed by atoms with van der Waals surface area (Å²) in [6.45, 7) is 0. The molecule has 0 fully saturated rings. The van der Waals surface area contributed by atoms with Gasteiger partial charge in [0.05, 0.1) is 22.5 Å². The summed E-state index contributed by atoms with van der Waals surface area (Å²) < 4.78 is 15.8. The molecular weight excluding hydrogens is 295 g/mol. The molecule has 4 nitrogen and oxygen atoms in total. The molecule has 3 aromatic heterocycles. The van der Waals surface area contributed by atoms with E-state index in [-0.39, 0.29) is 0 Å². The maximum atomic E-state index is 13.8. The number of halogens is 2. The Bertz CT molecular complexity index is 692. The van der Waals surface area contributed by atoms with Crippen LogP contribution in [-0.4, -0.2) is 25.8 Å². The van der Waals surface area contributed by atoms with Gasteiger partial charge in [0, 0.05) is 0 Å². The number of rotatable bonds is 2. The van der Waals surface area contributed by atoms with Crippen LogP contribution in [0.15, 0.2) is 23.4 Å². The van der Waals surface area contributed by atoms with Gasteiger partial charge in [-0.1, -0.05) is 11.3 Å². The Balaban J connectivity index is 2.10. The number of hydrogen-bond acceptors (Lipinski definition) is 5. The fourth-order valence-electron chi connectivity index (χ4n) is 1.53. The lowest BCUT2D eigenvalue weighted by Crippen LogP contribution is -1.90. The molecule has 0 amide bonds. The first-order valence-electron chi connectivity index (χ1n) is 4.90. The van der Waals surface area contributed by atoms with Crippen LogP contribution in [0, 0.1) is 5.95 Å². The second-order valence-corrected chi connectivity index (χ2v) is 5.76. The van der Waals surface area contributed by atoms with Crippen LogP contribution < -0.4 is 0 Å². The van der Waals surface area contributed by atoms with Crippen molar-refractivity contribution in [2.75, 3.05) is 6.26 Å². The Morgan fingerprint density at radius 1 is 1.39 bits per heavy atom. The van der Waals surface area contributed by atoms with Gasteiger partial charge in [-0.2, -0.15) is 4.39 Å². The molecule has 0 unspecified atom stereocenters. The third-order valence-corrected chi connectivity index (χ3v) is 3.99. The van der Waals surface area contributed by atoms with E-state index in [2.05, 4.69) is 15.1 Å². The third kappa shape index (κ3) is 1.98. The van der Waals surface area contributed by atoms with Crippen LogP contribution in [0.4, 0.5) is 4.39 Å². The lowest BCUT2D eigenvalue weighted by molar-refractivity contribution is 0.576. The quantitative estimate of drug-likeness (QED) is 0.537. The summed E-state index contributed by atoms with van der Waals surface area (Å²) in [5.74, 6) is -0.529. The van der Waals surface area contributed by atoms with Gasteiger partial charge in [0.1, 0.15) is 0 Å². The van der Waals surface area contributed by atoms with Crippen LogP contribution in [0.3, 0.4) is 0 Å².